The normalized spacial score (nSPS) is 16.1. The first-order valence-electron chi connectivity index (χ1n) is 7.65. The number of aromatic nitrogens is 1. The second-order valence-corrected chi connectivity index (χ2v) is 5.72. The SMILES string of the molecule is CCc1cccc2cc(CNC3CCCC3)c(=O)[nH]c12. The van der Waals surface area contributed by atoms with Gasteiger partial charge in [0.15, 0.2) is 0 Å². The van der Waals surface area contributed by atoms with E-state index >= 15 is 0 Å². The lowest BCUT2D eigenvalue weighted by Crippen LogP contribution is -2.28. The Morgan fingerprint density at radius 2 is 2.05 bits per heavy atom. The van der Waals surface area contributed by atoms with Gasteiger partial charge in [-0.1, -0.05) is 38.0 Å². The molecule has 0 bridgehead atoms. The van der Waals surface area contributed by atoms with Crippen LogP contribution in [-0.2, 0) is 13.0 Å². The van der Waals surface area contributed by atoms with Crippen molar-refractivity contribution in [3.8, 4) is 0 Å². The summed E-state index contributed by atoms with van der Waals surface area (Å²) in [5.74, 6) is 0. The maximum absolute atomic E-state index is 12.2. The molecule has 1 fully saturated rings. The van der Waals surface area contributed by atoms with E-state index in [-0.39, 0.29) is 5.56 Å². The van der Waals surface area contributed by atoms with E-state index in [0.29, 0.717) is 12.6 Å². The molecule has 1 saturated carbocycles. The molecule has 0 unspecified atom stereocenters. The number of rotatable bonds is 4. The molecule has 106 valence electrons. The number of benzene rings is 1. The van der Waals surface area contributed by atoms with Gasteiger partial charge in [-0.15, -0.1) is 0 Å². The van der Waals surface area contributed by atoms with Crippen molar-refractivity contribution in [2.45, 2.75) is 51.6 Å². The van der Waals surface area contributed by atoms with Gasteiger partial charge in [0, 0.05) is 18.2 Å². The Labute approximate surface area is 119 Å². The van der Waals surface area contributed by atoms with Crippen molar-refractivity contribution in [1.82, 2.24) is 10.3 Å². The number of aryl methyl sites for hydroxylation is 1. The molecule has 0 radical (unpaired) electrons. The highest BCUT2D eigenvalue weighted by atomic mass is 16.1. The van der Waals surface area contributed by atoms with Crippen molar-refractivity contribution < 1.29 is 0 Å². The zero-order chi connectivity index (χ0) is 13.9. The average molecular weight is 270 g/mol. The topological polar surface area (TPSA) is 44.9 Å². The molecule has 1 aromatic heterocycles. The number of fused-ring (bicyclic) bond motifs is 1. The van der Waals surface area contributed by atoms with Crippen LogP contribution in [-0.4, -0.2) is 11.0 Å². The van der Waals surface area contributed by atoms with Crippen molar-refractivity contribution in [1.29, 1.82) is 0 Å². The second kappa shape index (κ2) is 5.80. The van der Waals surface area contributed by atoms with Crippen LogP contribution in [0.4, 0.5) is 0 Å². The van der Waals surface area contributed by atoms with E-state index in [4.69, 9.17) is 0 Å². The van der Waals surface area contributed by atoms with E-state index in [1.807, 2.05) is 6.07 Å². The smallest absolute Gasteiger partial charge is 0.252 e. The Bertz CT molecular complexity index is 654. The predicted molar refractivity (Wildman–Crippen MR) is 83.0 cm³/mol. The lowest BCUT2D eigenvalue weighted by molar-refractivity contribution is 0.523. The summed E-state index contributed by atoms with van der Waals surface area (Å²) in [7, 11) is 0. The minimum Gasteiger partial charge on any atom is -0.321 e. The van der Waals surface area contributed by atoms with Gasteiger partial charge >= 0.3 is 0 Å². The van der Waals surface area contributed by atoms with Gasteiger partial charge in [0.05, 0.1) is 5.52 Å². The lowest BCUT2D eigenvalue weighted by atomic mass is 10.1. The molecule has 2 aromatic rings. The Hall–Kier alpha value is -1.61. The lowest BCUT2D eigenvalue weighted by Gasteiger charge is -2.12. The number of hydrogen-bond donors (Lipinski definition) is 2. The number of aromatic amines is 1. The highest BCUT2D eigenvalue weighted by Crippen LogP contribution is 2.19. The highest BCUT2D eigenvalue weighted by molar-refractivity contribution is 5.82. The molecule has 0 aliphatic heterocycles. The zero-order valence-corrected chi connectivity index (χ0v) is 12.0. The molecule has 0 saturated heterocycles. The second-order valence-electron chi connectivity index (χ2n) is 5.72. The summed E-state index contributed by atoms with van der Waals surface area (Å²) in [6.45, 7) is 2.79. The van der Waals surface area contributed by atoms with Crippen molar-refractivity contribution in [3.05, 3.63) is 45.7 Å². The number of hydrogen-bond acceptors (Lipinski definition) is 2. The average Bonchev–Trinajstić information content (AvgIpc) is 2.98. The summed E-state index contributed by atoms with van der Waals surface area (Å²) >= 11 is 0. The van der Waals surface area contributed by atoms with E-state index in [9.17, 15) is 4.79 Å². The van der Waals surface area contributed by atoms with Crippen LogP contribution in [0.25, 0.3) is 10.9 Å². The molecule has 3 nitrogen and oxygen atoms in total. The zero-order valence-electron chi connectivity index (χ0n) is 12.0. The van der Waals surface area contributed by atoms with Crippen LogP contribution in [0, 0.1) is 0 Å². The quantitative estimate of drug-likeness (QED) is 0.896. The molecule has 1 heterocycles. The predicted octanol–water partition coefficient (Wildman–Crippen LogP) is 3.12. The van der Waals surface area contributed by atoms with E-state index in [1.165, 1.54) is 31.2 Å². The molecule has 20 heavy (non-hydrogen) atoms. The summed E-state index contributed by atoms with van der Waals surface area (Å²) in [5.41, 5.74) is 3.08. The summed E-state index contributed by atoms with van der Waals surface area (Å²) in [6.07, 6.45) is 6.04. The van der Waals surface area contributed by atoms with Gasteiger partial charge in [-0.25, -0.2) is 0 Å². The van der Waals surface area contributed by atoms with Gasteiger partial charge in [0.25, 0.3) is 5.56 Å². The molecule has 3 heteroatoms. The first kappa shape index (κ1) is 13.4. The van der Waals surface area contributed by atoms with E-state index in [0.717, 1.165) is 22.9 Å². The van der Waals surface area contributed by atoms with E-state index < -0.39 is 0 Å². The summed E-state index contributed by atoms with van der Waals surface area (Å²) in [5, 5.41) is 4.64. The Morgan fingerprint density at radius 3 is 2.80 bits per heavy atom. The van der Waals surface area contributed by atoms with Crippen LogP contribution < -0.4 is 10.9 Å². The fourth-order valence-electron chi connectivity index (χ4n) is 3.15. The molecule has 0 spiro atoms. The Balaban J connectivity index is 1.88. The van der Waals surface area contributed by atoms with Crippen molar-refractivity contribution in [3.63, 3.8) is 0 Å². The van der Waals surface area contributed by atoms with E-state index in [2.05, 4.69) is 35.4 Å². The highest BCUT2D eigenvalue weighted by Gasteiger charge is 2.14. The first-order chi connectivity index (χ1) is 9.78. The number of nitrogens with one attached hydrogen (secondary N) is 2. The van der Waals surface area contributed by atoms with Gasteiger partial charge < -0.3 is 10.3 Å². The van der Waals surface area contributed by atoms with Crippen LogP contribution in [0.5, 0.6) is 0 Å². The monoisotopic (exact) mass is 270 g/mol. The molecule has 0 amide bonds. The maximum atomic E-state index is 12.2. The van der Waals surface area contributed by atoms with Gasteiger partial charge in [-0.3, -0.25) is 4.79 Å². The fraction of sp³-hybridized carbons (Fsp3) is 0.471. The van der Waals surface area contributed by atoms with Crippen LogP contribution in [0.15, 0.2) is 29.1 Å². The molecule has 0 atom stereocenters. The van der Waals surface area contributed by atoms with E-state index in [1.54, 1.807) is 0 Å². The van der Waals surface area contributed by atoms with Gasteiger partial charge in [-0.05, 0) is 36.3 Å². The maximum Gasteiger partial charge on any atom is 0.252 e. The molecular weight excluding hydrogens is 248 g/mol. The molecule has 2 N–H and O–H groups in total. The minimum absolute atomic E-state index is 0.0453. The van der Waals surface area contributed by atoms with Crippen LogP contribution in [0.1, 0.15) is 43.7 Å². The van der Waals surface area contributed by atoms with Crippen molar-refractivity contribution in [2.75, 3.05) is 0 Å². The first-order valence-corrected chi connectivity index (χ1v) is 7.65. The summed E-state index contributed by atoms with van der Waals surface area (Å²) < 4.78 is 0. The minimum atomic E-state index is 0.0453. The number of pyridine rings is 1. The van der Waals surface area contributed by atoms with Gasteiger partial charge in [0.2, 0.25) is 0 Å². The molecular formula is C17H22N2O. The van der Waals surface area contributed by atoms with Crippen LogP contribution in [0.3, 0.4) is 0 Å². The number of H-pyrrole nitrogens is 1. The van der Waals surface area contributed by atoms with Gasteiger partial charge in [0.1, 0.15) is 0 Å². The Kier molecular flexibility index (Phi) is 3.88. The van der Waals surface area contributed by atoms with Crippen molar-refractivity contribution in [2.24, 2.45) is 0 Å². The molecule has 1 aromatic carbocycles. The standard InChI is InChI=1S/C17H22N2O/c1-2-12-6-5-7-13-10-14(17(20)19-16(12)13)11-18-15-8-3-4-9-15/h5-7,10,15,18H,2-4,8-9,11H2,1H3,(H,19,20). The molecule has 3 rings (SSSR count). The van der Waals surface area contributed by atoms with Crippen LogP contribution >= 0.6 is 0 Å². The van der Waals surface area contributed by atoms with Gasteiger partial charge in [-0.2, -0.15) is 0 Å². The number of para-hydroxylation sites is 1. The largest absolute Gasteiger partial charge is 0.321 e. The van der Waals surface area contributed by atoms with Crippen molar-refractivity contribution >= 4 is 10.9 Å². The fourth-order valence-corrected chi connectivity index (χ4v) is 3.15. The molecule has 1 aliphatic carbocycles. The Morgan fingerprint density at radius 1 is 1.25 bits per heavy atom. The third-order valence-electron chi connectivity index (χ3n) is 4.36. The summed E-state index contributed by atoms with van der Waals surface area (Å²) in [4.78, 5) is 15.3. The third-order valence-corrected chi connectivity index (χ3v) is 4.36. The van der Waals surface area contributed by atoms with Crippen LogP contribution in [0.2, 0.25) is 0 Å². The summed E-state index contributed by atoms with van der Waals surface area (Å²) in [6, 6.07) is 8.84. The molecule has 1 aliphatic rings. The third kappa shape index (κ3) is 2.63.